The molecule has 1 aliphatic carbocycles. The zero-order valence-corrected chi connectivity index (χ0v) is 20.4. The molecule has 1 aromatic heterocycles. The van der Waals surface area contributed by atoms with Crippen molar-refractivity contribution >= 4 is 11.5 Å². The van der Waals surface area contributed by atoms with Crippen LogP contribution in [0.5, 0.6) is 0 Å². The van der Waals surface area contributed by atoms with Gasteiger partial charge in [-0.05, 0) is 64.0 Å². The van der Waals surface area contributed by atoms with Gasteiger partial charge >= 0.3 is 6.18 Å². The second kappa shape index (κ2) is 10.4. The average molecular weight is 497 g/mol. The second-order valence-corrected chi connectivity index (χ2v) is 10.2. The minimum Gasteiger partial charge on any atom is -0.396 e. The molecule has 2 aliphatic heterocycles. The van der Waals surface area contributed by atoms with E-state index in [9.17, 15) is 27.9 Å². The first-order valence-electron chi connectivity index (χ1n) is 12.4. The molecule has 1 fully saturated rings. The van der Waals surface area contributed by atoms with Crippen LogP contribution in [0, 0.1) is 11.8 Å². The lowest BCUT2D eigenvalue weighted by Gasteiger charge is -2.31. The first-order chi connectivity index (χ1) is 16.6. The van der Waals surface area contributed by atoms with E-state index in [0.717, 1.165) is 31.4 Å². The zero-order chi connectivity index (χ0) is 25.3. The lowest BCUT2D eigenvalue weighted by molar-refractivity contribution is -0.143. The molecule has 0 aromatic carbocycles. The number of hydrogen-bond acceptors (Lipinski definition) is 5. The molecule has 4 rings (SSSR count). The Hall–Kier alpha value is -2.17. The van der Waals surface area contributed by atoms with Crippen molar-refractivity contribution in [3.05, 3.63) is 39.8 Å². The highest BCUT2D eigenvalue weighted by Gasteiger charge is 2.55. The molecule has 3 heterocycles. The maximum Gasteiger partial charge on any atom is 0.390 e. The number of allylic oxidation sites excluding steroid dienone is 2. The molecule has 1 amide bonds. The van der Waals surface area contributed by atoms with Crippen LogP contribution in [0.15, 0.2) is 23.0 Å². The standard InChI is InChI=1S/C25H35F3N4O3/c1-30(2)12-5-11-29-23(34)22-19(15-33)18-14-32-20(21(18)31(22)13-10-25(26,27)28)9-8-17(24(32)35)16-6-3-4-7-16/h6,8-9,18-19,21-22,33H,3-5,7,10-15H2,1-2H3,(H,29,34)/t18-,19-,21+,22-/m0/s1. The van der Waals surface area contributed by atoms with Crippen LogP contribution in [0.2, 0.25) is 0 Å². The van der Waals surface area contributed by atoms with Crippen molar-refractivity contribution in [2.45, 2.75) is 56.9 Å². The van der Waals surface area contributed by atoms with Crippen LogP contribution < -0.4 is 10.9 Å². The monoisotopic (exact) mass is 496 g/mol. The SMILES string of the molecule is CN(C)CCCNC(=O)[C@@H]1[C@@H](CO)[C@@H]2Cn3c(ccc(C4=CCCC4)c3=O)[C@@H]2N1CCC(F)(F)F. The Morgan fingerprint density at radius 2 is 2.06 bits per heavy atom. The van der Waals surface area contributed by atoms with E-state index in [4.69, 9.17) is 0 Å². The molecular formula is C25H35F3N4O3. The summed E-state index contributed by atoms with van der Waals surface area (Å²) in [7, 11) is 3.85. The van der Waals surface area contributed by atoms with Crippen molar-refractivity contribution in [2.75, 3.05) is 40.3 Å². The Morgan fingerprint density at radius 3 is 2.69 bits per heavy atom. The number of aromatic nitrogens is 1. The number of alkyl halides is 3. The van der Waals surface area contributed by atoms with Gasteiger partial charge in [-0.2, -0.15) is 13.2 Å². The van der Waals surface area contributed by atoms with Crippen LogP contribution in [0.3, 0.4) is 0 Å². The second-order valence-electron chi connectivity index (χ2n) is 10.2. The molecule has 1 aromatic rings. The zero-order valence-electron chi connectivity index (χ0n) is 20.4. The molecule has 0 bridgehead atoms. The van der Waals surface area contributed by atoms with Crippen LogP contribution in [0.1, 0.15) is 49.4 Å². The third kappa shape index (κ3) is 5.34. The number of nitrogens with one attached hydrogen (secondary N) is 1. The number of amides is 1. The molecular weight excluding hydrogens is 461 g/mol. The molecule has 35 heavy (non-hydrogen) atoms. The van der Waals surface area contributed by atoms with Crippen LogP contribution in [0.4, 0.5) is 13.2 Å². The number of hydrogen-bond donors (Lipinski definition) is 2. The fourth-order valence-corrected chi connectivity index (χ4v) is 5.99. The van der Waals surface area contributed by atoms with E-state index in [0.29, 0.717) is 24.2 Å². The number of halogens is 3. The smallest absolute Gasteiger partial charge is 0.390 e. The van der Waals surface area contributed by atoms with E-state index < -0.39 is 30.6 Å². The Bertz CT molecular complexity index is 1020. The summed E-state index contributed by atoms with van der Waals surface area (Å²) in [4.78, 5) is 30.1. The number of fused-ring (bicyclic) bond motifs is 3. The molecule has 1 saturated heterocycles. The Kier molecular flexibility index (Phi) is 7.73. The Morgan fingerprint density at radius 1 is 1.29 bits per heavy atom. The van der Waals surface area contributed by atoms with Gasteiger partial charge in [-0.1, -0.05) is 6.08 Å². The van der Waals surface area contributed by atoms with Gasteiger partial charge in [-0.25, -0.2) is 0 Å². The van der Waals surface area contributed by atoms with Crippen molar-refractivity contribution in [3.63, 3.8) is 0 Å². The summed E-state index contributed by atoms with van der Waals surface area (Å²) in [6, 6.07) is 2.20. The first-order valence-corrected chi connectivity index (χ1v) is 12.4. The van der Waals surface area contributed by atoms with E-state index in [1.807, 2.05) is 25.1 Å². The fraction of sp³-hybridized carbons (Fsp3) is 0.680. The molecule has 0 unspecified atom stereocenters. The number of carbonyl (C=O) groups excluding carboxylic acids is 1. The largest absolute Gasteiger partial charge is 0.396 e. The van der Waals surface area contributed by atoms with E-state index in [1.54, 1.807) is 15.5 Å². The predicted molar refractivity (Wildman–Crippen MR) is 127 cm³/mol. The van der Waals surface area contributed by atoms with Crippen molar-refractivity contribution < 1.29 is 23.1 Å². The highest BCUT2D eigenvalue weighted by atomic mass is 19.4. The van der Waals surface area contributed by atoms with Crippen molar-refractivity contribution in [1.29, 1.82) is 0 Å². The molecule has 2 N–H and O–H groups in total. The highest BCUT2D eigenvalue weighted by Crippen LogP contribution is 2.49. The van der Waals surface area contributed by atoms with Gasteiger partial charge in [-0.15, -0.1) is 0 Å². The van der Waals surface area contributed by atoms with Crippen molar-refractivity contribution in [1.82, 2.24) is 19.7 Å². The van der Waals surface area contributed by atoms with Crippen LogP contribution in [-0.2, 0) is 11.3 Å². The normalized spacial score (nSPS) is 26.2. The number of nitrogens with zero attached hydrogens (tertiary/aromatic N) is 3. The van der Waals surface area contributed by atoms with Gasteiger partial charge in [0.05, 0.1) is 18.5 Å². The Balaban J connectivity index is 1.63. The molecule has 194 valence electrons. The fourth-order valence-electron chi connectivity index (χ4n) is 5.99. The average Bonchev–Trinajstić information content (AvgIpc) is 3.50. The third-order valence-electron chi connectivity index (χ3n) is 7.58. The summed E-state index contributed by atoms with van der Waals surface area (Å²) in [6.45, 7) is 0.769. The van der Waals surface area contributed by atoms with E-state index in [-0.39, 0.29) is 37.1 Å². The Labute approximate surface area is 203 Å². The van der Waals surface area contributed by atoms with E-state index in [2.05, 4.69) is 11.4 Å². The molecule has 3 aliphatic rings. The highest BCUT2D eigenvalue weighted by molar-refractivity contribution is 5.82. The van der Waals surface area contributed by atoms with Gasteiger partial charge < -0.3 is 19.9 Å². The summed E-state index contributed by atoms with van der Waals surface area (Å²) in [6.07, 6.45) is 0.124. The van der Waals surface area contributed by atoms with Crippen LogP contribution in [-0.4, -0.2) is 77.9 Å². The quantitative estimate of drug-likeness (QED) is 0.514. The molecule has 10 heteroatoms. The van der Waals surface area contributed by atoms with Crippen molar-refractivity contribution in [2.24, 2.45) is 11.8 Å². The van der Waals surface area contributed by atoms with Gasteiger partial charge in [0.15, 0.2) is 0 Å². The number of aliphatic hydroxyl groups is 1. The number of carbonyl (C=O) groups is 1. The number of pyridine rings is 1. The molecule has 0 saturated carbocycles. The minimum absolute atomic E-state index is 0.137. The van der Waals surface area contributed by atoms with Gasteiger partial charge in [-0.3, -0.25) is 14.5 Å². The molecule has 4 atom stereocenters. The molecule has 0 spiro atoms. The maximum absolute atomic E-state index is 13.3. The summed E-state index contributed by atoms with van der Waals surface area (Å²) in [5.74, 6) is -1.23. The van der Waals surface area contributed by atoms with Crippen LogP contribution in [0.25, 0.3) is 5.57 Å². The van der Waals surface area contributed by atoms with Gasteiger partial charge in [0.1, 0.15) is 0 Å². The summed E-state index contributed by atoms with van der Waals surface area (Å²) in [5.41, 5.74) is 2.15. The van der Waals surface area contributed by atoms with E-state index >= 15 is 0 Å². The molecule has 0 radical (unpaired) electrons. The number of aliphatic hydroxyl groups excluding tert-OH is 1. The summed E-state index contributed by atoms with van der Waals surface area (Å²) >= 11 is 0. The topological polar surface area (TPSA) is 77.8 Å². The van der Waals surface area contributed by atoms with Gasteiger partial charge in [0.25, 0.3) is 5.56 Å². The third-order valence-corrected chi connectivity index (χ3v) is 7.58. The minimum atomic E-state index is -4.38. The van der Waals surface area contributed by atoms with Crippen LogP contribution >= 0.6 is 0 Å². The summed E-state index contributed by atoms with van der Waals surface area (Å²) < 4.78 is 41.3. The lowest BCUT2D eigenvalue weighted by Crippen LogP contribution is -2.49. The van der Waals surface area contributed by atoms with Gasteiger partial charge in [0.2, 0.25) is 5.91 Å². The summed E-state index contributed by atoms with van der Waals surface area (Å²) in [5, 5.41) is 13.1. The number of likely N-dealkylation sites (tertiary alicyclic amines) is 1. The molecule has 7 nitrogen and oxygen atoms in total. The maximum atomic E-state index is 13.3. The predicted octanol–water partition coefficient (Wildman–Crippen LogP) is 2.40. The first kappa shape index (κ1) is 25.9. The number of rotatable bonds is 9. The van der Waals surface area contributed by atoms with E-state index in [1.165, 1.54) is 0 Å². The van der Waals surface area contributed by atoms with Crippen molar-refractivity contribution in [3.8, 4) is 0 Å². The van der Waals surface area contributed by atoms with Gasteiger partial charge in [0, 0.05) is 49.3 Å². The lowest BCUT2D eigenvalue weighted by atomic mass is 9.88.